The number of rotatable bonds is 7. The van der Waals surface area contributed by atoms with Gasteiger partial charge in [0.25, 0.3) is 5.69 Å². The third-order valence-electron chi connectivity index (χ3n) is 3.53. The summed E-state index contributed by atoms with van der Waals surface area (Å²) in [5, 5.41) is 26.0. The highest BCUT2D eigenvalue weighted by molar-refractivity contribution is 6.01. The van der Waals surface area contributed by atoms with Crippen molar-refractivity contribution in [3.63, 3.8) is 0 Å². The van der Waals surface area contributed by atoms with Gasteiger partial charge in [0.05, 0.1) is 35.8 Å². The number of non-ortho nitro benzene ring substituents is 1. The molecule has 2 rings (SSSR count). The number of nitrogens with one attached hydrogen (secondary N) is 1. The summed E-state index contributed by atoms with van der Waals surface area (Å²) in [6.07, 6.45) is 0. The number of hydrogen-bond donors (Lipinski definition) is 1. The van der Waals surface area contributed by atoms with E-state index in [1.54, 1.807) is 25.1 Å². The highest BCUT2D eigenvalue weighted by atomic mass is 16.6. The molecule has 0 aromatic heterocycles. The van der Waals surface area contributed by atoms with Crippen LogP contribution in [0.5, 0.6) is 11.5 Å². The Labute approximate surface area is 148 Å². The molecule has 2 aromatic rings. The molecule has 0 bridgehead atoms. The number of nitrogens with zero attached hydrogens (tertiary/aromatic N) is 3. The van der Waals surface area contributed by atoms with Crippen LogP contribution in [0.25, 0.3) is 0 Å². The number of hydrazone groups is 1. The van der Waals surface area contributed by atoms with E-state index in [4.69, 9.17) is 9.47 Å². The van der Waals surface area contributed by atoms with E-state index < -0.39 is 15.5 Å². The van der Waals surface area contributed by atoms with Crippen molar-refractivity contribution in [2.45, 2.75) is 6.92 Å². The van der Waals surface area contributed by atoms with E-state index in [0.29, 0.717) is 22.8 Å². The maximum atomic E-state index is 11.1. The van der Waals surface area contributed by atoms with E-state index in [1.165, 1.54) is 20.3 Å². The molecule has 10 heteroatoms. The van der Waals surface area contributed by atoms with E-state index in [1.807, 2.05) is 0 Å². The van der Waals surface area contributed by atoms with E-state index in [2.05, 4.69) is 10.5 Å². The van der Waals surface area contributed by atoms with Gasteiger partial charge in [-0.2, -0.15) is 5.10 Å². The molecule has 0 radical (unpaired) electrons. The summed E-state index contributed by atoms with van der Waals surface area (Å²) in [4.78, 5) is 20.5. The lowest BCUT2D eigenvalue weighted by atomic mass is 10.1. The van der Waals surface area contributed by atoms with Crippen LogP contribution in [0.3, 0.4) is 0 Å². The first-order valence-electron chi connectivity index (χ1n) is 7.33. The van der Waals surface area contributed by atoms with Crippen LogP contribution in [-0.4, -0.2) is 29.8 Å². The summed E-state index contributed by atoms with van der Waals surface area (Å²) >= 11 is 0. The lowest BCUT2D eigenvalue weighted by Crippen LogP contribution is -2.04. The molecule has 0 heterocycles. The van der Waals surface area contributed by atoms with Gasteiger partial charge in [-0.3, -0.25) is 25.7 Å². The Kier molecular flexibility index (Phi) is 5.68. The lowest BCUT2D eigenvalue weighted by Gasteiger charge is -2.10. The van der Waals surface area contributed by atoms with Gasteiger partial charge in [0, 0.05) is 17.7 Å². The van der Waals surface area contributed by atoms with Gasteiger partial charge in [-0.05, 0) is 25.1 Å². The summed E-state index contributed by atoms with van der Waals surface area (Å²) in [6, 6.07) is 8.42. The predicted octanol–water partition coefficient (Wildman–Crippen LogP) is 3.36. The number of nitro benzene ring substituents is 2. The lowest BCUT2D eigenvalue weighted by molar-refractivity contribution is -0.393. The van der Waals surface area contributed by atoms with Gasteiger partial charge in [0.1, 0.15) is 17.2 Å². The molecule has 0 fully saturated rings. The molecule has 0 spiro atoms. The Bertz CT molecular complexity index is 881. The smallest absolute Gasteiger partial charge is 0.301 e. The summed E-state index contributed by atoms with van der Waals surface area (Å²) in [7, 11) is 3.03. The molecule has 0 unspecified atom stereocenters. The molecule has 0 saturated carbocycles. The van der Waals surface area contributed by atoms with Crippen LogP contribution >= 0.6 is 0 Å². The Morgan fingerprint density at radius 1 is 1.04 bits per heavy atom. The fraction of sp³-hybridized carbons (Fsp3) is 0.188. The van der Waals surface area contributed by atoms with Crippen molar-refractivity contribution in [2.24, 2.45) is 5.10 Å². The van der Waals surface area contributed by atoms with Crippen molar-refractivity contribution in [1.29, 1.82) is 0 Å². The summed E-state index contributed by atoms with van der Waals surface area (Å²) in [6.45, 7) is 1.69. The first-order valence-corrected chi connectivity index (χ1v) is 7.33. The molecule has 0 atom stereocenters. The van der Waals surface area contributed by atoms with Gasteiger partial charge >= 0.3 is 5.69 Å². The number of nitro groups is 2. The summed E-state index contributed by atoms with van der Waals surface area (Å²) < 4.78 is 10.4. The van der Waals surface area contributed by atoms with Crippen molar-refractivity contribution >= 4 is 22.8 Å². The molecule has 26 heavy (non-hydrogen) atoms. The summed E-state index contributed by atoms with van der Waals surface area (Å²) in [5.41, 5.74) is 2.94. The molecule has 1 N–H and O–H groups in total. The fourth-order valence-electron chi connectivity index (χ4n) is 2.18. The molecule has 2 aromatic carbocycles. The third kappa shape index (κ3) is 4.04. The second kappa shape index (κ2) is 7.92. The minimum absolute atomic E-state index is 0.0347. The van der Waals surface area contributed by atoms with Gasteiger partial charge in [-0.25, -0.2) is 0 Å². The summed E-state index contributed by atoms with van der Waals surface area (Å²) in [5.74, 6) is 1.13. The maximum absolute atomic E-state index is 11.1. The van der Waals surface area contributed by atoms with Crippen LogP contribution in [0.1, 0.15) is 12.5 Å². The van der Waals surface area contributed by atoms with Gasteiger partial charge in [0.15, 0.2) is 0 Å². The Hall–Kier alpha value is -3.69. The first-order chi connectivity index (χ1) is 12.4. The zero-order valence-corrected chi connectivity index (χ0v) is 14.3. The first kappa shape index (κ1) is 18.6. The number of methoxy groups -OCH3 is 2. The van der Waals surface area contributed by atoms with E-state index >= 15 is 0 Å². The van der Waals surface area contributed by atoms with Crippen LogP contribution in [0, 0.1) is 20.2 Å². The fourth-order valence-corrected chi connectivity index (χ4v) is 2.18. The van der Waals surface area contributed by atoms with E-state index in [9.17, 15) is 20.2 Å². The molecular weight excluding hydrogens is 344 g/mol. The normalized spacial score (nSPS) is 11.0. The molecule has 0 aliphatic rings. The zero-order chi connectivity index (χ0) is 19.3. The second-order valence-corrected chi connectivity index (χ2v) is 5.09. The zero-order valence-electron chi connectivity index (χ0n) is 14.3. The number of hydrogen-bond acceptors (Lipinski definition) is 8. The van der Waals surface area contributed by atoms with Crippen molar-refractivity contribution in [1.82, 2.24) is 0 Å². The van der Waals surface area contributed by atoms with Crippen LogP contribution in [0.15, 0.2) is 41.5 Å². The average Bonchev–Trinajstić information content (AvgIpc) is 2.65. The van der Waals surface area contributed by atoms with Gasteiger partial charge in [-0.1, -0.05) is 0 Å². The van der Waals surface area contributed by atoms with E-state index in [0.717, 1.165) is 12.1 Å². The number of benzene rings is 2. The number of ether oxygens (including phenoxy) is 2. The minimum atomic E-state index is -0.714. The van der Waals surface area contributed by atoms with Gasteiger partial charge in [0.2, 0.25) is 0 Å². The molecule has 10 nitrogen and oxygen atoms in total. The molecule has 136 valence electrons. The maximum Gasteiger partial charge on any atom is 0.301 e. The van der Waals surface area contributed by atoms with Crippen molar-refractivity contribution in [2.75, 3.05) is 19.6 Å². The highest BCUT2D eigenvalue weighted by Gasteiger charge is 2.19. The molecule has 0 saturated heterocycles. The number of anilines is 1. The van der Waals surface area contributed by atoms with Crippen LogP contribution < -0.4 is 14.9 Å². The monoisotopic (exact) mass is 360 g/mol. The minimum Gasteiger partial charge on any atom is -0.497 e. The Morgan fingerprint density at radius 2 is 1.77 bits per heavy atom. The predicted molar refractivity (Wildman–Crippen MR) is 95.1 cm³/mol. The quantitative estimate of drug-likeness (QED) is 0.455. The topological polar surface area (TPSA) is 129 Å². The molecule has 0 amide bonds. The van der Waals surface area contributed by atoms with E-state index in [-0.39, 0.29) is 11.4 Å². The Morgan fingerprint density at radius 3 is 2.35 bits per heavy atom. The van der Waals surface area contributed by atoms with Crippen molar-refractivity contribution in [3.05, 3.63) is 62.2 Å². The van der Waals surface area contributed by atoms with Gasteiger partial charge in [-0.15, -0.1) is 0 Å². The van der Waals surface area contributed by atoms with Crippen LogP contribution in [-0.2, 0) is 0 Å². The van der Waals surface area contributed by atoms with Crippen LogP contribution in [0.4, 0.5) is 17.1 Å². The molecule has 0 aliphatic heterocycles. The standard InChI is InChI=1S/C16H16N4O6/c1-10(13-6-5-12(25-2)9-16(13)26-3)17-18-14-7-4-11(19(21)22)8-15(14)20(23)24/h4-9,18H,1-3H3/b17-10-. The average molecular weight is 360 g/mol. The largest absolute Gasteiger partial charge is 0.497 e. The highest BCUT2D eigenvalue weighted by Crippen LogP contribution is 2.29. The van der Waals surface area contributed by atoms with Crippen LogP contribution in [0.2, 0.25) is 0 Å². The van der Waals surface area contributed by atoms with Crippen molar-refractivity contribution in [3.8, 4) is 11.5 Å². The Balaban J connectivity index is 2.34. The van der Waals surface area contributed by atoms with Crippen molar-refractivity contribution < 1.29 is 19.3 Å². The molecular formula is C16H16N4O6. The van der Waals surface area contributed by atoms with Gasteiger partial charge < -0.3 is 9.47 Å². The second-order valence-electron chi connectivity index (χ2n) is 5.09. The SMILES string of the molecule is COc1ccc(/C(C)=N\Nc2ccc([N+](=O)[O-])cc2[N+](=O)[O-])c(OC)c1. The third-order valence-corrected chi connectivity index (χ3v) is 3.53. The molecule has 0 aliphatic carbocycles.